The molecule has 3 aliphatic rings. The van der Waals surface area contributed by atoms with E-state index in [1.165, 1.54) is 57.8 Å². The zero-order valence-electron chi connectivity index (χ0n) is 13.7. The number of rotatable bonds is 4. The molecule has 1 atom stereocenters. The summed E-state index contributed by atoms with van der Waals surface area (Å²) in [5, 5.41) is 3.58. The van der Waals surface area contributed by atoms with Crippen molar-refractivity contribution in [3.8, 4) is 0 Å². The second-order valence-corrected chi connectivity index (χ2v) is 7.37. The molecule has 0 amide bonds. The predicted molar refractivity (Wildman–Crippen MR) is 85.6 cm³/mol. The summed E-state index contributed by atoms with van der Waals surface area (Å²) >= 11 is 0. The highest BCUT2D eigenvalue weighted by molar-refractivity contribution is 4.91. The maximum atomic E-state index is 6.48. The van der Waals surface area contributed by atoms with Gasteiger partial charge in [0.05, 0.1) is 17.8 Å². The van der Waals surface area contributed by atoms with E-state index in [4.69, 9.17) is 9.47 Å². The Morgan fingerprint density at radius 2 is 1.76 bits per heavy atom. The number of nitrogens with one attached hydrogen (secondary N) is 1. The maximum absolute atomic E-state index is 6.48. The Hall–Kier alpha value is -0.120. The molecule has 3 rings (SSSR count). The maximum Gasteiger partial charge on any atom is 0.0707 e. The van der Waals surface area contributed by atoms with Gasteiger partial charge in [-0.1, -0.05) is 26.2 Å². The molecule has 1 aliphatic heterocycles. The van der Waals surface area contributed by atoms with E-state index in [0.717, 1.165) is 32.0 Å². The zero-order chi connectivity index (χ0) is 14.5. The number of hydrogen-bond donors (Lipinski definition) is 1. The van der Waals surface area contributed by atoms with Crippen molar-refractivity contribution < 1.29 is 9.47 Å². The summed E-state index contributed by atoms with van der Waals surface area (Å²) in [5.74, 6) is 0. The van der Waals surface area contributed by atoms with Crippen LogP contribution in [0.4, 0.5) is 0 Å². The smallest absolute Gasteiger partial charge is 0.0707 e. The summed E-state index contributed by atoms with van der Waals surface area (Å²) in [7, 11) is 0. The Morgan fingerprint density at radius 1 is 1.00 bits per heavy atom. The fourth-order valence-electron chi connectivity index (χ4n) is 4.61. The van der Waals surface area contributed by atoms with Crippen molar-refractivity contribution in [2.24, 2.45) is 0 Å². The first-order valence-electron chi connectivity index (χ1n) is 9.32. The van der Waals surface area contributed by atoms with Crippen molar-refractivity contribution in [2.45, 2.75) is 101 Å². The minimum absolute atomic E-state index is 0.183. The fourth-order valence-corrected chi connectivity index (χ4v) is 4.61. The van der Waals surface area contributed by atoms with Crippen LogP contribution in [0.15, 0.2) is 0 Å². The van der Waals surface area contributed by atoms with Crippen molar-refractivity contribution in [1.29, 1.82) is 0 Å². The molecule has 0 aromatic heterocycles. The van der Waals surface area contributed by atoms with Crippen LogP contribution >= 0.6 is 0 Å². The van der Waals surface area contributed by atoms with E-state index in [1.807, 2.05) is 0 Å². The van der Waals surface area contributed by atoms with Gasteiger partial charge in [0, 0.05) is 19.1 Å². The van der Waals surface area contributed by atoms with Gasteiger partial charge >= 0.3 is 0 Å². The van der Waals surface area contributed by atoms with Crippen LogP contribution in [0.2, 0.25) is 0 Å². The molecular formula is C18H33NO2. The Kier molecular flexibility index (Phi) is 5.58. The van der Waals surface area contributed by atoms with Crippen molar-refractivity contribution in [3.05, 3.63) is 0 Å². The second kappa shape index (κ2) is 7.43. The summed E-state index contributed by atoms with van der Waals surface area (Å²) in [6.07, 6.45) is 14.9. The van der Waals surface area contributed by atoms with E-state index < -0.39 is 0 Å². The zero-order valence-corrected chi connectivity index (χ0v) is 13.7. The lowest BCUT2D eigenvalue weighted by Crippen LogP contribution is -2.45. The first kappa shape index (κ1) is 15.8. The van der Waals surface area contributed by atoms with Gasteiger partial charge in [0.15, 0.2) is 0 Å². The molecule has 0 aromatic rings. The van der Waals surface area contributed by atoms with Gasteiger partial charge in [-0.05, 0) is 51.5 Å². The molecule has 1 spiro atoms. The quantitative estimate of drug-likeness (QED) is 0.855. The van der Waals surface area contributed by atoms with Crippen LogP contribution in [0.1, 0.15) is 77.6 Å². The monoisotopic (exact) mass is 295 g/mol. The lowest BCUT2D eigenvalue weighted by atomic mass is 9.79. The van der Waals surface area contributed by atoms with Crippen LogP contribution in [0, 0.1) is 0 Å². The highest BCUT2D eigenvalue weighted by Gasteiger charge is 2.39. The van der Waals surface area contributed by atoms with Gasteiger partial charge < -0.3 is 14.8 Å². The number of ether oxygens (including phenoxy) is 2. The Bertz CT molecular complexity index is 301. The topological polar surface area (TPSA) is 30.5 Å². The molecule has 3 nitrogen and oxygen atoms in total. The van der Waals surface area contributed by atoms with Crippen molar-refractivity contribution >= 4 is 0 Å². The van der Waals surface area contributed by atoms with Crippen LogP contribution < -0.4 is 5.32 Å². The summed E-state index contributed by atoms with van der Waals surface area (Å²) in [6.45, 7) is 4.21. The lowest BCUT2D eigenvalue weighted by Gasteiger charge is -2.44. The molecule has 1 heterocycles. The van der Waals surface area contributed by atoms with Crippen molar-refractivity contribution in [3.63, 3.8) is 0 Å². The van der Waals surface area contributed by atoms with Gasteiger partial charge in [-0.3, -0.25) is 0 Å². The van der Waals surface area contributed by atoms with E-state index in [0.29, 0.717) is 12.2 Å². The minimum atomic E-state index is 0.183. The van der Waals surface area contributed by atoms with Crippen LogP contribution in [-0.4, -0.2) is 37.0 Å². The molecule has 0 radical (unpaired) electrons. The normalized spacial score (nSPS) is 36.7. The van der Waals surface area contributed by atoms with Crippen molar-refractivity contribution in [1.82, 2.24) is 5.32 Å². The van der Waals surface area contributed by atoms with Gasteiger partial charge in [-0.15, -0.1) is 0 Å². The first-order chi connectivity index (χ1) is 10.3. The predicted octanol–water partition coefficient (Wildman–Crippen LogP) is 3.81. The van der Waals surface area contributed by atoms with Crippen molar-refractivity contribution in [2.75, 3.05) is 13.2 Å². The van der Waals surface area contributed by atoms with Gasteiger partial charge in [0.2, 0.25) is 0 Å². The molecule has 0 bridgehead atoms. The Balaban J connectivity index is 1.45. The SMILES string of the molecule is CCNC1CCC(OC2CCOC3(CCCCC3)C2)CC1. The third-order valence-electron chi connectivity index (χ3n) is 5.76. The standard InChI is InChI=1S/C18H33NO2/c1-2-19-15-6-8-16(9-7-15)21-17-10-13-20-18(14-17)11-4-3-5-12-18/h15-17,19H,2-14H2,1H3. The third-order valence-corrected chi connectivity index (χ3v) is 5.76. The van der Waals surface area contributed by atoms with Gasteiger partial charge in [0.1, 0.15) is 0 Å². The molecule has 1 saturated heterocycles. The Morgan fingerprint density at radius 3 is 2.48 bits per heavy atom. The second-order valence-electron chi connectivity index (χ2n) is 7.37. The summed E-state index contributed by atoms with van der Waals surface area (Å²) < 4.78 is 12.7. The van der Waals surface area contributed by atoms with E-state index in [9.17, 15) is 0 Å². The molecule has 122 valence electrons. The van der Waals surface area contributed by atoms with Crippen LogP contribution in [0.3, 0.4) is 0 Å². The molecule has 0 aromatic carbocycles. The van der Waals surface area contributed by atoms with Gasteiger partial charge in [-0.2, -0.15) is 0 Å². The highest BCUT2D eigenvalue weighted by Crippen LogP contribution is 2.40. The molecule has 3 fully saturated rings. The molecule has 1 N–H and O–H groups in total. The van der Waals surface area contributed by atoms with E-state index in [1.54, 1.807) is 0 Å². The van der Waals surface area contributed by atoms with E-state index >= 15 is 0 Å². The van der Waals surface area contributed by atoms with Gasteiger partial charge in [-0.25, -0.2) is 0 Å². The van der Waals surface area contributed by atoms with Crippen LogP contribution in [-0.2, 0) is 9.47 Å². The largest absolute Gasteiger partial charge is 0.375 e. The molecule has 2 aliphatic carbocycles. The third kappa shape index (κ3) is 4.20. The minimum Gasteiger partial charge on any atom is -0.375 e. The lowest BCUT2D eigenvalue weighted by molar-refractivity contribution is -0.163. The van der Waals surface area contributed by atoms with Crippen LogP contribution in [0.25, 0.3) is 0 Å². The molecular weight excluding hydrogens is 262 g/mol. The first-order valence-corrected chi connectivity index (χ1v) is 9.32. The molecule has 2 saturated carbocycles. The highest BCUT2D eigenvalue weighted by atomic mass is 16.5. The molecule has 1 unspecified atom stereocenters. The summed E-state index contributed by atoms with van der Waals surface area (Å²) in [4.78, 5) is 0. The molecule has 3 heteroatoms. The van der Waals surface area contributed by atoms with E-state index in [-0.39, 0.29) is 5.60 Å². The molecule has 21 heavy (non-hydrogen) atoms. The average molecular weight is 295 g/mol. The number of hydrogen-bond acceptors (Lipinski definition) is 3. The summed E-state index contributed by atoms with van der Waals surface area (Å²) in [6, 6.07) is 0.731. The van der Waals surface area contributed by atoms with Gasteiger partial charge in [0.25, 0.3) is 0 Å². The summed E-state index contributed by atoms with van der Waals surface area (Å²) in [5.41, 5.74) is 0.183. The fraction of sp³-hybridized carbons (Fsp3) is 1.00. The average Bonchev–Trinajstić information content (AvgIpc) is 2.50. The van der Waals surface area contributed by atoms with Crippen LogP contribution in [0.5, 0.6) is 0 Å². The Labute approximate surface area is 130 Å². The van der Waals surface area contributed by atoms with E-state index in [2.05, 4.69) is 12.2 Å².